The van der Waals surface area contributed by atoms with E-state index in [1.54, 1.807) is 19.2 Å². The average molecular weight is 293 g/mol. The van der Waals surface area contributed by atoms with E-state index in [4.69, 9.17) is 14.2 Å². The molecular formula is C12H14F3NO4. The van der Waals surface area contributed by atoms with E-state index in [-0.39, 0.29) is 13.4 Å². The van der Waals surface area contributed by atoms with Crippen LogP contribution in [-0.2, 0) is 11.3 Å². The van der Waals surface area contributed by atoms with E-state index >= 15 is 0 Å². The summed E-state index contributed by atoms with van der Waals surface area (Å²) in [7, 11) is 1.75. The summed E-state index contributed by atoms with van der Waals surface area (Å²) in [5.41, 5.74) is 0.767. The number of ether oxygens (including phenoxy) is 4. The van der Waals surface area contributed by atoms with Crippen molar-refractivity contribution in [1.29, 1.82) is 0 Å². The third kappa shape index (κ3) is 3.91. The number of alkyl halides is 3. The van der Waals surface area contributed by atoms with Crippen LogP contribution in [-0.4, -0.2) is 33.4 Å². The third-order valence-electron chi connectivity index (χ3n) is 2.53. The number of hydrogen-bond donors (Lipinski definition) is 1. The lowest BCUT2D eigenvalue weighted by atomic mass is 10.1. The molecule has 0 bridgehead atoms. The molecule has 1 N–H and O–H groups in total. The van der Waals surface area contributed by atoms with Gasteiger partial charge in [-0.2, -0.15) is 0 Å². The Balaban J connectivity index is 1.99. The molecule has 20 heavy (non-hydrogen) atoms. The van der Waals surface area contributed by atoms with E-state index in [0.717, 1.165) is 5.56 Å². The largest absolute Gasteiger partial charge is 0.522 e. The lowest BCUT2D eigenvalue weighted by Gasteiger charge is -2.13. The maximum Gasteiger partial charge on any atom is 0.522 e. The van der Waals surface area contributed by atoms with Crippen molar-refractivity contribution in [2.75, 3.05) is 27.1 Å². The van der Waals surface area contributed by atoms with Crippen LogP contribution in [0.25, 0.3) is 0 Å². The first-order valence-corrected chi connectivity index (χ1v) is 5.90. The van der Waals surface area contributed by atoms with Crippen LogP contribution in [0.4, 0.5) is 13.2 Å². The number of fused-ring (bicyclic) bond motifs is 1. The zero-order chi connectivity index (χ0) is 14.6. The van der Waals surface area contributed by atoms with Crippen LogP contribution in [0, 0.1) is 0 Å². The zero-order valence-corrected chi connectivity index (χ0v) is 10.8. The normalized spacial score (nSPS) is 13.6. The van der Waals surface area contributed by atoms with Crippen molar-refractivity contribution in [1.82, 2.24) is 5.32 Å². The molecule has 0 unspecified atom stereocenters. The van der Waals surface area contributed by atoms with Crippen molar-refractivity contribution in [3.8, 4) is 17.2 Å². The molecule has 0 amide bonds. The van der Waals surface area contributed by atoms with Gasteiger partial charge in [0.2, 0.25) is 6.79 Å². The Hall–Kier alpha value is -1.67. The van der Waals surface area contributed by atoms with E-state index in [9.17, 15) is 13.2 Å². The Morgan fingerprint density at radius 1 is 1.20 bits per heavy atom. The number of nitrogens with one attached hydrogen (secondary N) is 1. The number of halogens is 3. The molecule has 0 radical (unpaired) electrons. The number of rotatable bonds is 6. The summed E-state index contributed by atoms with van der Waals surface area (Å²) in [5.74, 6) is 1.54. The predicted octanol–water partition coefficient (Wildman–Crippen LogP) is 2.05. The van der Waals surface area contributed by atoms with E-state index < -0.39 is 13.0 Å². The molecule has 0 saturated heterocycles. The summed E-state index contributed by atoms with van der Waals surface area (Å²) >= 11 is 0. The van der Waals surface area contributed by atoms with Gasteiger partial charge in [-0.25, -0.2) is 0 Å². The lowest BCUT2D eigenvalue weighted by molar-refractivity contribution is -0.325. The monoisotopic (exact) mass is 293 g/mol. The van der Waals surface area contributed by atoms with Crippen LogP contribution in [0.1, 0.15) is 5.56 Å². The highest BCUT2D eigenvalue weighted by Crippen LogP contribution is 2.38. The standard InChI is InChI=1S/C12H14F3NO4/c1-16-6-8-4-10-11(19-7-18-10)5-9(8)17-2-3-20-12(13,14)15/h4-5,16H,2-3,6-7H2,1H3. The van der Waals surface area contributed by atoms with E-state index in [0.29, 0.717) is 23.8 Å². The van der Waals surface area contributed by atoms with Crippen LogP contribution in [0.2, 0.25) is 0 Å². The summed E-state index contributed by atoms with van der Waals surface area (Å²) in [6.45, 7) is -0.173. The van der Waals surface area contributed by atoms with Gasteiger partial charge in [0.25, 0.3) is 0 Å². The van der Waals surface area contributed by atoms with E-state index in [1.165, 1.54) is 0 Å². The first-order chi connectivity index (χ1) is 9.49. The van der Waals surface area contributed by atoms with Crippen molar-refractivity contribution < 1.29 is 32.1 Å². The van der Waals surface area contributed by atoms with Gasteiger partial charge in [-0.05, 0) is 13.1 Å². The summed E-state index contributed by atoms with van der Waals surface area (Å²) in [6, 6.07) is 3.33. The van der Waals surface area contributed by atoms with Gasteiger partial charge in [-0.3, -0.25) is 4.74 Å². The summed E-state index contributed by atoms with van der Waals surface area (Å²) in [6.07, 6.45) is -4.65. The Bertz CT molecular complexity index is 465. The van der Waals surface area contributed by atoms with Gasteiger partial charge in [0.05, 0.1) is 6.61 Å². The minimum Gasteiger partial charge on any atom is -0.491 e. The topological polar surface area (TPSA) is 49.0 Å². The molecule has 1 aromatic carbocycles. The van der Waals surface area contributed by atoms with Gasteiger partial charge in [0.15, 0.2) is 11.5 Å². The van der Waals surface area contributed by atoms with Gasteiger partial charge in [-0.15, -0.1) is 13.2 Å². The Morgan fingerprint density at radius 3 is 2.55 bits per heavy atom. The first-order valence-electron chi connectivity index (χ1n) is 5.90. The smallest absolute Gasteiger partial charge is 0.491 e. The third-order valence-corrected chi connectivity index (χ3v) is 2.53. The van der Waals surface area contributed by atoms with Crippen LogP contribution >= 0.6 is 0 Å². The second-order valence-corrected chi connectivity index (χ2v) is 3.99. The van der Waals surface area contributed by atoms with Gasteiger partial charge in [-0.1, -0.05) is 0 Å². The fourth-order valence-corrected chi connectivity index (χ4v) is 1.74. The second-order valence-electron chi connectivity index (χ2n) is 3.99. The fraction of sp³-hybridized carbons (Fsp3) is 0.500. The summed E-state index contributed by atoms with van der Waals surface area (Å²) in [4.78, 5) is 0. The van der Waals surface area contributed by atoms with Crippen LogP contribution in [0.15, 0.2) is 12.1 Å². The second kappa shape index (κ2) is 6.19. The quantitative estimate of drug-likeness (QED) is 0.814. The van der Waals surface area contributed by atoms with Crippen LogP contribution in [0.3, 0.4) is 0 Å². The molecule has 1 heterocycles. The molecular weight excluding hydrogens is 279 g/mol. The van der Waals surface area contributed by atoms with Crippen molar-refractivity contribution in [2.45, 2.75) is 12.9 Å². The molecule has 2 rings (SSSR count). The highest BCUT2D eigenvalue weighted by atomic mass is 19.4. The molecule has 8 heteroatoms. The lowest BCUT2D eigenvalue weighted by Crippen LogP contribution is -2.18. The molecule has 0 fully saturated rings. The molecule has 0 saturated carbocycles. The van der Waals surface area contributed by atoms with Crippen molar-refractivity contribution in [3.63, 3.8) is 0 Å². The molecule has 0 aliphatic carbocycles. The van der Waals surface area contributed by atoms with Crippen LogP contribution in [0.5, 0.6) is 17.2 Å². The minimum atomic E-state index is -4.65. The van der Waals surface area contributed by atoms with Gasteiger partial charge in [0, 0.05) is 18.2 Å². The first kappa shape index (κ1) is 14.7. The SMILES string of the molecule is CNCc1cc2c(cc1OCCOC(F)(F)F)OCO2. The average Bonchev–Trinajstić information content (AvgIpc) is 2.81. The predicted molar refractivity (Wildman–Crippen MR) is 62.8 cm³/mol. The zero-order valence-electron chi connectivity index (χ0n) is 10.8. The van der Waals surface area contributed by atoms with Crippen molar-refractivity contribution >= 4 is 0 Å². The molecule has 1 aliphatic rings. The summed E-state index contributed by atoms with van der Waals surface area (Å²) < 4.78 is 54.9. The van der Waals surface area contributed by atoms with Gasteiger partial charge >= 0.3 is 6.36 Å². The summed E-state index contributed by atoms with van der Waals surface area (Å²) in [5, 5.41) is 2.94. The van der Waals surface area contributed by atoms with Crippen molar-refractivity contribution in [2.24, 2.45) is 0 Å². The van der Waals surface area contributed by atoms with Crippen LogP contribution < -0.4 is 19.5 Å². The van der Waals surface area contributed by atoms with Crippen molar-refractivity contribution in [3.05, 3.63) is 17.7 Å². The van der Waals surface area contributed by atoms with E-state index in [1.807, 2.05) is 0 Å². The molecule has 0 spiro atoms. The maximum atomic E-state index is 11.8. The molecule has 0 atom stereocenters. The molecule has 112 valence electrons. The Labute approximate surface area is 113 Å². The van der Waals surface area contributed by atoms with Gasteiger partial charge in [0.1, 0.15) is 12.4 Å². The Kier molecular flexibility index (Phi) is 4.56. The van der Waals surface area contributed by atoms with E-state index in [2.05, 4.69) is 10.1 Å². The highest BCUT2D eigenvalue weighted by molar-refractivity contribution is 5.51. The molecule has 0 aromatic heterocycles. The minimum absolute atomic E-state index is 0.120. The highest BCUT2D eigenvalue weighted by Gasteiger charge is 2.28. The molecule has 1 aromatic rings. The Morgan fingerprint density at radius 2 is 1.90 bits per heavy atom. The van der Waals surface area contributed by atoms with Gasteiger partial charge < -0.3 is 19.5 Å². The maximum absolute atomic E-state index is 11.8. The molecule has 1 aliphatic heterocycles. The fourth-order valence-electron chi connectivity index (χ4n) is 1.74. The number of hydrogen-bond acceptors (Lipinski definition) is 5. The molecule has 5 nitrogen and oxygen atoms in total. The number of benzene rings is 1.